The summed E-state index contributed by atoms with van der Waals surface area (Å²) in [5, 5.41) is 3.57. The number of aromatic nitrogens is 6. The van der Waals surface area contributed by atoms with Crippen LogP contribution in [-0.4, -0.2) is 93.5 Å². The van der Waals surface area contributed by atoms with Crippen molar-refractivity contribution in [2.45, 2.75) is 10.3 Å². The second-order valence-corrected chi connectivity index (χ2v) is 16.4. The molecule has 2 aromatic carbocycles. The molecule has 0 amide bonds. The number of pyridine rings is 2. The van der Waals surface area contributed by atoms with Crippen LogP contribution in [0.1, 0.15) is 0 Å². The van der Waals surface area contributed by atoms with Crippen LogP contribution in [0.3, 0.4) is 0 Å². The largest absolute Gasteiger partial charge is 0.497 e. The Balaban J connectivity index is 0.000000219. The molecule has 4 aromatic heterocycles. The van der Waals surface area contributed by atoms with Crippen molar-refractivity contribution < 1.29 is 36.8 Å². The smallest absolute Gasteiger partial charge is 0.317 e. The average Bonchev–Trinajstić information content (AvgIpc) is 3.19. The van der Waals surface area contributed by atoms with Gasteiger partial charge in [0.2, 0.25) is 11.8 Å². The van der Waals surface area contributed by atoms with Crippen LogP contribution in [0.4, 0.5) is 0 Å². The van der Waals surface area contributed by atoms with Gasteiger partial charge in [0.15, 0.2) is 10.3 Å². The van der Waals surface area contributed by atoms with Crippen LogP contribution in [0.25, 0.3) is 44.3 Å². The first-order valence-electron chi connectivity index (χ1n) is 15.2. The molecule has 0 aliphatic carbocycles. The monoisotopic (exact) mass is 888 g/mol. The lowest BCUT2D eigenvalue weighted by Crippen LogP contribution is -1.98. The van der Waals surface area contributed by atoms with Crippen LogP contribution in [0, 0.1) is 0 Å². The van der Waals surface area contributed by atoms with Crippen LogP contribution in [0.2, 0.25) is 10.0 Å². The van der Waals surface area contributed by atoms with E-state index in [0.717, 1.165) is 22.0 Å². The standard InChI is InChI=1S/C17H15Cl2N3O3S.C17H17N3O3S.Cl2O2S/c1-23-10-6-11(24-2)14(19)12(13(10)18)9-5-8-7-20-17(26-4)22-15(8)16(21-9)25-3;1-21-12-5-10(6-13(8-12)22-2)14-7-11-9-18-17(24-4)20-15(11)16(19-14)23-3;1-5(2,3)4/h5-7H,1-4H3;5-9H,1-4H3;. The third kappa shape index (κ3) is 11.1. The molecule has 6 rings (SSSR count). The minimum absolute atomic E-state index is 0.328. The number of rotatable bonds is 10. The molecular weight excluding hydrogens is 858 g/mol. The van der Waals surface area contributed by atoms with Gasteiger partial charge in [0.05, 0.1) is 64.1 Å². The van der Waals surface area contributed by atoms with Crippen molar-refractivity contribution >= 4 is 98.2 Å². The van der Waals surface area contributed by atoms with E-state index in [1.807, 2.05) is 36.8 Å². The SMILES string of the molecule is COc1cc(OC)c(Cl)c(-c2cc3cnc(SC)nc3c(OC)n2)c1Cl.COc1cc(OC)cc(-c2cc3cnc(SC)nc3c(OC)n2)c1.O=S(=O)(Cl)Cl. The molecule has 0 bridgehead atoms. The van der Waals surface area contributed by atoms with Crippen LogP contribution in [0.15, 0.2) is 59.1 Å². The maximum atomic E-state index is 9.16. The molecular formula is C34H32Cl4N6O8S3. The summed E-state index contributed by atoms with van der Waals surface area (Å²) in [5.74, 6) is 3.06. The van der Waals surface area contributed by atoms with E-state index >= 15 is 0 Å². The van der Waals surface area contributed by atoms with E-state index in [4.69, 9.17) is 60.0 Å². The minimum Gasteiger partial charge on any atom is -0.497 e. The first kappa shape index (κ1) is 43.8. The highest BCUT2D eigenvalue weighted by atomic mass is 36.0. The number of methoxy groups -OCH3 is 6. The summed E-state index contributed by atoms with van der Waals surface area (Å²) in [4.78, 5) is 26.7. The van der Waals surface area contributed by atoms with Gasteiger partial charge < -0.3 is 28.4 Å². The highest BCUT2D eigenvalue weighted by Crippen LogP contribution is 2.46. The first-order chi connectivity index (χ1) is 26.2. The van der Waals surface area contributed by atoms with Crippen molar-refractivity contribution in [2.75, 3.05) is 55.2 Å². The Hall–Kier alpha value is -3.97. The summed E-state index contributed by atoms with van der Waals surface area (Å²) in [6.07, 6.45) is 7.32. The number of fused-ring (bicyclic) bond motifs is 2. The van der Waals surface area contributed by atoms with Crippen molar-refractivity contribution in [2.24, 2.45) is 0 Å². The fourth-order valence-electron chi connectivity index (χ4n) is 4.81. The Bertz CT molecular complexity index is 2380. The number of nitrogens with zero attached hydrogens (tertiary/aromatic N) is 6. The van der Waals surface area contributed by atoms with Gasteiger partial charge in [-0.15, -0.1) is 0 Å². The Labute approximate surface area is 344 Å². The molecule has 0 unspecified atom stereocenters. The number of halogens is 4. The van der Waals surface area contributed by atoms with E-state index in [-0.39, 0.29) is 0 Å². The molecule has 6 aromatic rings. The summed E-state index contributed by atoms with van der Waals surface area (Å²) in [6, 6.07) is 11.0. The van der Waals surface area contributed by atoms with Gasteiger partial charge in [0, 0.05) is 67.8 Å². The predicted octanol–water partition coefficient (Wildman–Crippen LogP) is 8.89. The molecule has 0 fully saturated rings. The van der Waals surface area contributed by atoms with Gasteiger partial charge in [-0.2, -0.15) is 8.42 Å². The molecule has 0 atom stereocenters. The highest BCUT2D eigenvalue weighted by Gasteiger charge is 2.22. The molecule has 0 aliphatic heterocycles. The summed E-state index contributed by atoms with van der Waals surface area (Å²) < 4.78 is 50.5. The van der Waals surface area contributed by atoms with E-state index in [0.29, 0.717) is 77.4 Å². The van der Waals surface area contributed by atoms with E-state index in [1.165, 1.54) is 44.9 Å². The molecule has 4 heterocycles. The third-order valence-electron chi connectivity index (χ3n) is 7.25. The lowest BCUT2D eigenvalue weighted by molar-refractivity contribution is 0.394. The van der Waals surface area contributed by atoms with E-state index in [2.05, 4.69) is 51.3 Å². The van der Waals surface area contributed by atoms with Crippen LogP contribution < -0.4 is 28.4 Å². The molecule has 0 spiro atoms. The van der Waals surface area contributed by atoms with E-state index in [1.54, 1.807) is 45.9 Å². The number of ether oxygens (including phenoxy) is 6. The van der Waals surface area contributed by atoms with Gasteiger partial charge in [0.1, 0.15) is 34.0 Å². The summed E-state index contributed by atoms with van der Waals surface area (Å²) in [6.45, 7) is 0. The summed E-state index contributed by atoms with van der Waals surface area (Å²) in [7, 11) is 14.2. The average molecular weight is 891 g/mol. The lowest BCUT2D eigenvalue weighted by atomic mass is 10.1. The zero-order valence-electron chi connectivity index (χ0n) is 30.3. The molecule has 0 aliphatic rings. The first-order valence-corrected chi connectivity index (χ1v) is 21.6. The molecule has 55 heavy (non-hydrogen) atoms. The summed E-state index contributed by atoms with van der Waals surface area (Å²) >= 11 is 15.9. The normalized spacial score (nSPS) is 10.8. The molecule has 21 heteroatoms. The maximum absolute atomic E-state index is 9.16. The van der Waals surface area contributed by atoms with Gasteiger partial charge in [-0.25, -0.2) is 29.9 Å². The zero-order valence-corrected chi connectivity index (χ0v) is 35.8. The fraction of sp³-hybridized carbons (Fsp3) is 0.235. The van der Waals surface area contributed by atoms with Crippen molar-refractivity contribution in [1.82, 2.24) is 29.9 Å². The molecule has 0 saturated heterocycles. The minimum atomic E-state index is -3.72. The van der Waals surface area contributed by atoms with Gasteiger partial charge in [0.25, 0.3) is 0 Å². The molecule has 14 nitrogen and oxygen atoms in total. The van der Waals surface area contributed by atoms with Gasteiger partial charge in [-0.1, -0.05) is 46.7 Å². The molecule has 292 valence electrons. The third-order valence-corrected chi connectivity index (χ3v) is 9.13. The predicted molar refractivity (Wildman–Crippen MR) is 219 cm³/mol. The Morgan fingerprint density at radius 1 is 0.564 bits per heavy atom. The second kappa shape index (κ2) is 19.8. The Morgan fingerprint density at radius 2 is 0.982 bits per heavy atom. The Kier molecular flexibility index (Phi) is 15.7. The number of hydrogen-bond acceptors (Lipinski definition) is 16. The van der Waals surface area contributed by atoms with Crippen LogP contribution in [-0.2, 0) is 8.26 Å². The van der Waals surface area contributed by atoms with Gasteiger partial charge >= 0.3 is 8.26 Å². The van der Waals surface area contributed by atoms with Crippen LogP contribution >= 0.6 is 68.1 Å². The zero-order chi connectivity index (χ0) is 40.4. The van der Waals surface area contributed by atoms with Crippen molar-refractivity contribution in [1.29, 1.82) is 0 Å². The maximum Gasteiger partial charge on any atom is 0.317 e. The Morgan fingerprint density at radius 3 is 1.36 bits per heavy atom. The number of hydrogen-bond donors (Lipinski definition) is 0. The van der Waals surface area contributed by atoms with Gasteiger partial charge in [-0.3, -0.25) is 0 Å². The van der Waals surface area contributed by atoms with Crippen molar-refractivity contribution in [3.05, 3.63) is 58.8 Å². The quantitative estimate of drug-likeness (QED) is 0.0726. The number of benzene rings is 2. The topological polar surface area (TPSA) is 167 Å². The highest BCUT2D eigenvalue weighted by molar-refractivity contribution is 8.31. The van der Waals surface area contributed by atoms with Crippen molar-refractivity contribution in [3.8, 4) is 57.3 Å². The molecule has 0 N–H and O–H groups in total. The lowest BCUT2D eigenvalue weighted by Gasteiger charge is -2.15. The fourth-order valence-corrected chi connectivity index (χ4v) is 6.19. The van der Waals surface area contributed by atoms with Crippen molar-refractivity contribution in [3.63, 3.8) is 0 Å². The van der Waals surface area contributed by atoms with E-state index in [9.17, 15) is 0 Å². The van der Waals surface area contributed by atoms with E-state index < -0.39 is 8.26 Å². The summed E-state index contributed by atoms with van der Waals surface area (Å²) in [5.41, 5.74) is 3.88. The molecule has 0 radical (unpaired) electrons. The number of thioether (sulfide) groups is 2. The molecule has 0 saturated carbocycles. The second-order valence-electron chi connectivity index (χ2n) is 10.4. The van der Waals surface area contributed by atoms with Crippen LogP contribution in [0.5, 0.6) is 34.8 Å². The van der Waals surface area contributed by atoms with Gasteiger partial charge in [-0.05, 0) is 36.8 Å².